The quantitative estimate of drug-likeness (QED) is 0.797. The molecule has 0 saturated heterocycles. The Morgan fingerprint density at radius 3 is 2.74 bits per heavy atom. The molecular weight excluding hydrogens is 264 g/mol. The number of benzene rings is 1. The van der Waals surface area contributed by atoms with Gasteiger partial charge in [-0.05, 0) is 30.6 Å². The van der Waals surface area contributed by atoms with Crippen LogP contribution >= 0.6 is 11.8 Å². The highest BCUT2D eigenvalue weighted by molar-refractivity contribution is 7.98. The van der Waals surface area contributed by atoms with E-state index in [2.05, 4.69) is 5.32 Å². The summed E-state index contributed by atoms with van der Waals surface area (Å²) < 4.78 is 10.3. The van der Waals surface area contributed by atoms with Crippen LogP contribution in [0.25, 0.3) is 0 Å². The van der Waals surface area contributed by atoms with Crippen molar-refractivity contribution in [2.24, 2.45) is 5.73 Å². The van der Waals surface area contributed by atoms with Crippen LogP contribution < -0.4 is 20.5 Å². The number of methoxy groups -OCH3 is 2. The first kappa shape index (κ1) is 15.7. The maximum Gasteiger partial charge on any atom is 0.241 e. The Kier molecular flexibility index (Phi) is 6.52. The Balaban J connectivity index is 2.73. The molecule has 5 nitrogen and oxygen atoms in total. The predicted octanol–water partition coefficient (Wildman–Crippen LogP) is 1.72. The smallest absolute Gasteiger partial charge is 0.241 e. The van der Waals surface area contributed by atoms with Crippen molar-refractivity contribution in [3.8, 4) is 11.5 Å². The largest absolute Gasteiger partial charge is 0.497 e. The Hall–Kier alpha value is -1.40. The van der Waals surface area contributed by atoms with Gasteiger partial charge in [0.05, 0.1) is 25.9 Å². The lowest BCUT2D eigenvalue weighted by molar-refractivity contribution is -0.117. The van der Waals surface area contributed by atoms with Gasteiger partial charge in [0.15, 0.2) is 0 Å². The zero-order valence-electron chi connectivity index (χ0n) is 11.4. The molecule has 1 amide bonds. The molecule has 0 aliphatic heterocycles. The molecule has 1 atom stereocenters. The van der Waals surface area contributed by atoms with Gasteiger partial charge in [-0.1, -0.05) is 0 Å². The maximum absolute atomic E-state index is 11.9. The summed E-state index contributed by atoms with van der Waals surface area (Å²) in [6, 6.07) is 4.69. The summed E-state index contributed by atoms with van der Waals surface area (Å²) in [6.45, 7) is 0. The molecule has 1 rings (SSSR count). The third kappa shape index (κ3) is 4.65. The first-order chi connectivity index (χ1) is 9.12. The monoisotopic (exact) mass is 284 g/mol. The molecule has 0 unspecified atom stereocenters. The van der Waals surface area contributed by atoms with Gasteiger partial charge in [0.25, 0.3) is 0 Å². The Labute approximate surface area is 117 Å². The molecule has 0 aromatic heterocycles. The highest BCUT2D eigenvalue weighted by atomic mass is 32.2. The second kappa shape index (κ2) is 7.91. The van der Waals surface area contributed by atoms with E-state index in [0.717, 1.165) is 5.75 Å². The van der Waals surface area contributed by atoms with Crippen LogP contribution in [0.15, 0.2) is 18.2 Å². The van der Waals surface area contributed by atoms with E-state index in [-0.39, 0.29) is 5.91 Å². The van der Waals surface area contributed by atoms with E-state index in [1.807, 2.05) is 6.26 Å². The van der Waals surface area contributed by atoms with Gasteiger partial charge in [-0.2, -0.15) is 11.8 Å². The van der Waals surface area contributed by atoms with Crippen LogP contribution in [0.3, 0.4) is 0 Å². The predicted molar refractivity (Wildman–Crippen MR) is 79.2 cm³/mol. The molecule has 106 valence electrons. The number of hydrogen-bond acceptors (Lipinski definition) is 5. The van der Waals surface area contributed by atoms with Crippen LogP contribution in [0, 0.1) is 0 Å². The first-order valence-electron chi connectivity index (χ1n) is 5.89. The number of nitrogens with two attached hydrogens (primary N) is 1. The third-order valence-electron chi connectivity index (χ3n) is 2.64. The Morgan fingerprint density at radius 2 is 2.16 bits per heavy atom. The fourth-order valence-corrected chi connectivity index (χ4v) is 1.99. The van der Waals surface area contributed by atoms with Crippen molar-refractivity contribution >= 4 is 23.4 Å². The number of ether oxygens (including phenoxy) is 2. The van der Waals surface area contributed by atoms with Gasteiger partial charge in [-0.3, -0.25) is 4.79 Å². The van der Waals surface area contributed by atoms with Crippen molar-refractivity contribution in [2.45, 2.75) is 12.5 Å². The van der Waals surface area contributed by atoms with E-state index in [1.54, 1.807) is 37.1 Å². The van der Waals surface area contributed by atoms with Gasteiger partial charge >= 0.3 is 0 Å². The van der Waals surface area contributed by atoms with Gasteiger partial charge in [0.1, 0.15) is 11.5 Å². The molecule has 0 saturated carbocycles. The number of amides is 1. The van der Waals surface area contributed by atoms with E-state index < -0.39 is 6.04 Å². The van der Waals surface area contributed by atoms with Crippen LogP contribution in [0.4, 0.5) is 5.69 Å². The third-order valence-corrected chi connectivity index (χ3v) is 3.28. The summed E-state index contributed by atoms with van der Waals surface area (Å²) in [7, 11) is 3.11. The topological polar surface area (TPSA) is 73.6 Å². The number of carbonyl (C=O) groups is 1. The van der Waals surface area contributed by atoms with Gasteiger partial charge < -0.3 is 20.5 Å². The fourth-order valence-electron chi connectivity index (χ4n) is 1.50. The summed E-state index contributed by atoms with van der Waals surface area (Å²) in [5, 5.41) is 2.77. The van der Waals surface area contributed by atoms with Crippen LogP contribution in [0.1, 0.15) is 6.42 Å². The van der Waals surface area contributed by atoms with Crippen molar-refractivity contribution in [3.05, 3.63) is 18.2 Å². The van der Waals surface area contributed by atoms with Gasteiger partial charge in [0.2, 0.25) is 5.91 Å². The van der Waals surface area contributed by atoms with E-state index in [4.69, 9.17) is 15.2 Å². The van der Waals surface area contributed by atoms with Crippen LogP contribution in [-0.4, -0.2) is 38.2 Å². The fraction of sp³-hybridized carbons (Fsp3) is 0.462. The zero-order chi connectivity index (χ0) is 14.3. The normalized spacial score (nSPS) is 11.8. The maximum atomic E-state index is 11.9. The molecule has 0 bridgehead atoms. The highest BCUT2D eigenvalue weighted by Gasteiger charge is 2.15. The Bertz CT molecular complexity index is 426. The summed E-state index contributed by atoms with van der Waals surface area (Å²) in [4.78, 5) is 11.9. The molecule has 0 spiro atoms. The SMILES string of the molecule is COc1ccc(NC(=O)[C@@H](N)CCSC)c(OC)c1. The minimum atomic E-state index is -0.515. The average Bonchev–Trinajstić information content (AvgIpc) is 2.44. The molecular formula is C13H20N2O3S. The lowest BCUT2D eigenvalue weighted by Crippen LogP contribution is -2.36. The lowest BCUT2D eigenvalue weighted by atomic mass is 10.2. The van der Waals surface area contributed by atoms with Crippen LogP contribution in [0.5, 0.6) is 11.5 Å². The standard InChI is InChI=1S/C13H20N2O3S/c1-17-9-4-5-11(12(8-9)18-2)15-13(16)10(14)6-7-19-3/h4-5,8,10H,6-7,14H2,1-3H3,(H,15,16)/t10-/m0/s1. The molecule has 0 aliphatic carbocycles. The summed E-state index contributed by atoms with van der Waals surface area (Å²) in [5.41, 5.74) is 6.40. The first-order valence-corrected chi connectivity index (χ1v) is 7.29. The number of rotatable bonds is 7. The van der Waals surface area contributed by atoms with E-state index in [1.165, 1.54) is 7.11 Å². The molecule has 6 heteroatoms. The van der Waals surface area contributed by atoms with Crippen molar-refractivity contribution in [1.29, 1.82) is 0 Å². The van der Waals surface area contributed by atoms with E-state index in [0.29, 0.717) is 23.6 Å². The molecule has 0 aliphatic rings. The molecule has 1 aromatic carbocycles. The number of anilines is 1. The molecule has 0 fully saturated rings. The minimum Gasteiger partial charge on any atom is -0.497 e. The minimum absolute atomic E-state index is 0.211. The van der Waals surface area contributed by atoms with Crippen molar-refractivity contribution in [1.82, 2.24) is 0 Å². The van der Waals surface area contributed by atoms with E-state index in [9.17, 15) is 4.79 Å². The summed E-state index contributed by atoms with van der Waals surface area (Å²) >= 11 is 1.67. The second-order valence-electron chi connectivity index (χ2n) is 3.94. The molecule has 0 radical (unpaired) electrons. The molecule has 19 heavy (non-hydrogen) atoms. The highest BCUT2D eigenvalue weighted by Crippen LogP contribution is 2.29. The van der Waals surface area contributed by atoms with Gasteiger partial charge in [-0.25, -0.2) is 0 Å². The number of thioether (sulfide) groups is 1. The van der Waals surface area contributed by atoms with Crippen molar-refractivity contribution < 1.29 is 14.3 Å². The number of carbonyl (C=O) groups excluding carboxylic acids is 1. The second-order valence-corrected chi connectivity index (χ2v) is 4.93. The number of hydrogen-bond donors (Lipinski definition) is 2. The Morgan fingerprint density at radius 1 is 1.42 bits per heavy atom. The van der Waals surface area contributed by atoms with Gasteiger partial charge in [0, 0.05) is 6.07 Å². The van der Waals surface area contributed by atoms with Gasteiger partial charge in [-0.15, -0.1) is 0 Å². The molecule has 1 aromatic rings. The molecule has 3 N–H and O–H groups in total. The van der Waals surface area contributed by atoms with Crippen LogP contribution in [0.2, 0.25) is 0 Å². The zero-order valence-corrected chi connectivity index (χ0v) is 12.3. The lowest BCUT2D eigenvalue weighted by Gasteiger charge is -2.14. The molecule has 0 heterocycles. The van der Waals surface area contributed by atoms with Crippen molar-refractivity contribution in [3.63, 3.8) is 0 Å². The number of nitrogens with one attached hydrogen (secondary N) is 1. The average molecular weight is 284 g/mol. The summed E-state index contributed by atoms with van der Waals surface area (Å²) in [6.07, 6.45) is 2.63. The van der Waals surface area contributed by atoms with Crippen LogP contribution in [-0.2, 0) is 4.79 Å². The summed E-state index contributed by atoms with van der Waals surface area (Å²) in [5.74, 6) is 1.86. The van der Waals surface area contributed by atoms with E-state index >= 15 is 0 Å². The van der Waals surface area contributed by atoms with Crippen molar-refractivity contribution in [2.75, 3.05) is 31.5 Å².